The quantitative estimate of drug-likeness (QED) is 0.272. The SMILES string of the molecule is CC(C)(C)OC(=O)N1C[C@@H]2C(C#Cc3cc4ncnc(Nc5cccc(Cl)c5F)c4cc3[N+](=O)[O-])[C@@H]2C1. The van der Waals surface area contributed by atoms with Gasteiger partial charge in [-0.25, -0.2) is 19.2 Å². The number of halogens is 2. The zero-order valence-corrected chi connectivity index (χ0v) is 21.0. The van der Waals surface area contributed by atoms with E-state index in [0.29, 0.717) is 24.0 Å². The number of piperidine rings is 1. The highest BCUT2D eigenvalue weighted by Crippen LogP contribution is 2.51. The van der Waals surface area contributed by atoms with Gasteiger partial charge in [-0.2, -0.15) is 0 Å². The molecule has 1 unspecified atom stereocenters. The number of nitrogens with zero attached hydrogens (tertiary/aromatic N) is 4. The molecule has 0 radical (unpaired) electrons. The summed E-state index contributed by atoms with van der Waals surface area (Å²) in [4.78, 5) is 33.7. The van der Waals surface area contributed by atoms with Crippen LogP contribution in [0.5, 0.6) is 0 Å². The molecule has 190 valence electrons. The fourth-order valence-corrected chi connectivity index (χ4v) is 4.72. The summed E-state index contributed by atoms with van der Waals surface area (Å²) in [5, 5.41) is 15.0. The molecule has 9 nitrogen and oxygen atoms in total. The lowest BCUT2D eigenvalue weighted by atomic mass is 10.1. The molecular weight excluding hydrogens is 501 g/mol. The molecule has 0 spiro atoms. The van der Waals surface area contributed by atoms with Crippen LogP contribution in [-0.4, -0.2) is 44.6 Å². The van der Waals surface area contributed by atoms with Crippen LogP contribution in [0.1, 0.15) is 26.3 Å². The molecule has 2 aromatic carbocycles. The van der Waals surface area contributed by atoms with Gasteiger partial charge in [-0.15, -0.1) is 0 Å². The molecule has 2 heterocycles. The highest BCUT2D eigenvalue weighted by atomic mass is 35.5. The fourth-order valence-electron chi connectivity index (χ4n) is 4.55. The fraction of sp³-hybridized carbons (Fsp3) is 0.346. The van der Waals surface area contributed by atoms with Crippen molar-refractivity contribution in [3.63, 3.8) is 0 Å². The van der Waals surface area contributed by atoms with Gasteiger partial charge in [0.15, 0.2) is 5.82 Å². The normalized spacial score (nSPS) is 20.1. The van der Waals surface area contributed by atoms with Crippen LogP contribution in [-0.2, 0) is 4.74 Å². The predicted octanol–water partition coefficient (Wildman–Crippen LogP) is 5.54. The van der Waals surface area contributed by atoms with Crippen LogP contribution in [0.25, 0.3) is 10.9 Å². The van der Waals surface area contributed by atoms with E-state index in [1.807, 2.05) is 20.8 Å². The molecule has 3 atom stereocenters. The molecule has 1 saturated carbocycles. The molecule has 2 fully saturated rings. The maximum atomic E-state index is 14.4. The summed E-state index contributed by atoms with van der Waals surface area (Å²) in [5.74, 6) is 6.17. The van der Waals surface area contributed by atoms with Gasteiger partial charge in [-0.05, 0) is 50.8 Å². The topological polar surface area (TPSA) is 110 Å². The second-order valence-electron chi connectivity index (χ2n) is 10.1. The van der Waals surface area contributed by atoms with E-state index in [2.05, 4.69) is 27.1 Å². The number of benzene rings is 2. The first-order valence-corrected chi connectivity index (χ1v) is 12.0. The molecule has 2 aliphatic rings. The molecule has 37 heavy (non-hydrogen) atoms. The Morgan fingerprint density at radius 2 is 2.00 bits per heavy atom. The third-order valence-electron chi connectivity index (χ3n) is 6.37. The van der Waals surface area contributed by atoms with Crippen molar-refractivity contribution < 1.29 is 18.8 Å². The lowest BCUT2D eigenvalue weighted by Crippen LogP contribution is -2.37. The van der Waals surface area contributed by atoms with Gasteiger partial charge in [-0.1, -0.05) is 29.5 Å². The number of rotatable bonds is 3. The van der Waals surface area contributed by atoms with Crippen LogP contribution in [0.2, 0.25) is 5.02 Å². The van der Waals surface area contributed by atoms with Gasteiger partial charge in [0.2, 0.25) is 0 Å². The summed E-state index contributed by atoms with van der Waals surface area (Å²) in [7, 11) is 0. The average Bonchev–Trinajstić information content (AvgIpc) is 3.26. The Hall–Kier alpha value is -3.97. The molecule has 11 heteroatoms. The largest absolute Gasteiger partial charge is 0.444 e. The third kappa shape index (κ3) is 5.00. The number of nitro groups is 1. The van der Waals surface area contributed by atoms with E-state index in [9.17, 15) is 19.3 Å². The van der Waals surface area contributed by atoms with Crippen LogP contribution >= 0.6 is 11.6 Å². The molecule has 1 aliphatic carbocycles. The number of ether oxygens (including phenoxy) is 1. The molecule has 1 aliphatic heterocycles. The van der Waals surface area contributed by atoms with Crippen molar-refractivity contribution in [1.82, 2.24) is 14.9 Å². The third-order valence-corrected chi connectivity index (χ3v) is 6.67. The maximum absolute atomic E-state index is 14.4. The summed E-state index contributed by atoms with van der Waals surface area (Å²) in [6.45, 7) is 6.59. The minimum Gasteiger partial charge on any atom is -0.444 e. The summed E-state index contributed by atoms with van der Waals surface area (Å²) in [5.41, 5.74) is -0.0309. The Bertz CT molecular complexity index is 1480. The minimum atomic E-state index is -0.659. The number of hydrogen-bond donors (Lipinski definition) is 1. The monoisotopic (exact) mass is 523 g/mol. The Kier molecular flexibility index (Phi) is 6.12. The number of carbonyl (C=O) groups excluding carboxylic acids is 1. The summed E-state index contributed by atoms with van der Waals surface area (Å²) >= 11 is 5.86. The van der Waals surface area contributed by atoms with Gasteiger partial charge in [-0.3, -0.25) is 10.1 Å². The van der Waals surface area contributed by atoms with Crippen molar-refractivity contribution in [2.75, 3.05) is 18.4 Å². The lowest BCUT2D eigenvalue weighted by molar-refractivity contribution is -0.385. The van der Waals surface area contributed by atoms with E-state index in [0.717, 1.165) is 0 Å². The number of hydrogen-bond acceptors (Lipinski definition) is 7. The van der Waals surface area contributed by atoms with Gasteiger partial charge < -0.3 is 15.0 Å². The zero-order chi connectivity index (χ0) is 26.5. The molecule has 1 amide bonds. The van der Waals surface area contributed by atoms with Gasteiger partial charge in [0.1, 0.15) is 23.3 Å². The Morgan fingerprint density at radius 1 is 1.27 bits per heavy atom. The first kappa shape index (κ1) is 24.7. The first-order chi connectivity index (χ1) is 17.5. The van der Waals surface area contributed by atoms with Gasteiger partial charge in [0, 0.05) is 30.5 Å². The number of anilines is 2. The Balaban J connectivity index is 1.38. The van der Waals surface area contributed by atoms with Crippen LogP contribution < -0.4 is 5.32 Å². The van der Waals surface area contributed by atoms with Crippen LogP contribution in [0.3, 0.4) is 0 Å². The average molecular weight is 524 g/mol. The molecule has 1 N–H and O–H groups in total. The number of nitro benzene ring substituents is 1. The van der Waals surface area contributed by atoms with Crippen molar-refractivity contribution in [1.29, 1.82) is 0 Å². The lowest BCUT2D eigenvalue weighted by Gasteiger charge is -2.25. The van der Waals surface area contributed by atoms with Crippen LogP contribution in [0.4, 0.5) is 26.4 Å². The molecule has 1 aromatic heterocycles. The van der Waals surface area contributed by atoms with E-state index < -0.39 is 16.3 Å². The Labute approximate surface area is 217 Å². The van der Waals surface area contributed by atoms with E-state index in [-0.39, 0.29) is 51.6 Å². The minimum absolute atomic E-state index is 0.0578. The number of nitrogens with one attached hydrogen (secondary N) is 1. The van der Waals surface area contributed by atoms with E-state index >= 15 is 0 Å². The van der Waals surface area contributed by atoms with Gasteiger partial charge in [0.25, 0.3) is 5.69 Å². The summed E-state index contributed by atoms with van der Waals surface area (Å²) in [6, 6.07) is 7.35. The molecule has 3 aromatic rings. The second kappa shape index (κ2) is 9.16. The van der Waals surface area contributed by atoms with E-state index in [4.69, 9.17) is 16.3 Å². The highest BCUT2D eigenvalue weighted by Gasteiger charge is 2.56. The van der Waals surface area contributed by atoms with Crippen molar-refractivity contribution in [2.45, 2.75) is 26.4 Å². The molecular formula is C26H23ClFN5O4. The van der Waals surface area contributed by atoms with Crippen molar-refractivity contribution in [3.05, 3.63) is 63.2 Å². The Morgan fingerprint density at radius 3 is 2.68 bits per heavy atom. The number of likely N-dealkylation sites (tertiary alicyclic amines) is 1. The van der Waals surface area contributed by atoms with E-state index in [1.165, 1.54) is 30.6 Å². The highest BCUT2D eigenvalue weighted by molar-refractivity contribution is 6.31. The van der Waals surface area contributed by atoms with Crippen LogP contribution in [0.15, 0.2) is 36.7 Å². The molecule has 0 bridgehead atoms. The standard InChI is InChI=1S/C26H23ClFN5O4/c1-26(2,3)37-25(34)32-11-17-15(18(17)12-32)8-7-14-9-21-16(10-22(14)33(35)36)24(30-13-29-21)31-20-6-4-5-19(27)23(20)28/h4-6,9-10,13,15,17-18H,11-12H2,1-3H3,(H,29,30,31)/t15?,17-,18+. The molecule has 1 saturated heterocycles. The van der Waals surface area contributed by atoms with E-state index in [1.54, 1.807) is 11.0 Å². The van der Waals surface area contributed by atoms with Crippen LogP contribution in [0, 0.1) is 45.5 Å². The first-order valence-electron chi connectivity index (χ1n) is 11.7. The van der Waals surface area contributed by atoms with Crippen molar-refractivity contribution >= 4 is 45.8 Å². The predicted molar refractivity (Wildman–Crippen MR) is 136 cm³/mol. The van der Waals surface area contributed by atoms with Gasteiger partial charge >= 0.3 is 6.09 Å². The van der Waals surface area contributed by atoms with Gasteiger partial charge in [0.05, 0.1) is 21.2 Å². The number of aromatic nitrogens is 2. The number of fused-ring (bicyclic) bond motifs is 2. The van der Waals surface area contributed by atoms with Crippen molar-refractivity contribution in [2.24, 2.45) is 17.8 Å². The zero-order valence-electron chi connectivity index (χ0n) is 20.3. The summed E-state index contributed by atoms with van der Waals surface area (Å²) in [6.07, 6.45) is 0.950. The second-order valence-corrected chi connectivity index (χ2v) is 10.5. The summed E-state index contributed by atoms with van der Waals surface area (Å²) < 4.78 is 19.8. The number of carbonyl (C=O) groups is 1. The molecule has 5 rings (SSSR count). The maximum Gasteiger partial charge on any atom is 0.410 e. The number of amides is 1. The smallest absolute Gasteiger partial charge is 0.410 e. The van der Waals surface area contributed by atoms with Crippen molar-refractivity contribution in [3.8, 4) is 11.8 Å².